The molecule has 1 aliphatic heterocycles. The van der Waals surface area contributed by atoms with Gasteiger partial charge in [0.1, 0.15) is 5.76 Å². The van der Waals surface area contributed by atoms with E-state index in [0.29, 0.717) is 22.2 Å². The van der Waals surface area contributed by atoms with E-state index in [1.165, 1.54) is 0 Å². The Hall–Kier alpha value is -2.14. The van der Waals surface area contributed by atoms with Crippen molar-refractivity contribution >= 4 is 17.8 Å². The minimum absolute atomic E-state index is 0.270. The molecule has 1 aliphatic rings. The Labute approximate surface area is 141 Å². The van der Waals surface area contributed by atoms with Crippen LogP contribution < -0.4 is 11.1 Å². The maximum Gasteiger partial charge on any atom is 0.513 e. The van der Waals surface area contributed by atoms with Gasteiger partial charge in [-0.3, -0.25) is 0 Å². The van der Waals surface area contributed by atoms with Gasteiger partial charge in [0.2, 0.25) is 0 Å². The van der Waals surface area contributed by atoms with Crippen LogP contribution in [0.25, 0.3) is 0 Å². The van der Waals surface area contributed by atoms with Crippen LogP contribution in [0.4, 0.5) is 4.79 Å². The van der Waals surface area contributed by atoms with Gasteiger partial charge in [-0.05, 0) is 39.3 Å². The van der Waals surface area contributed by atoms with E-state index in [4.69, 9.17) is 26.8 Å². The number of rotatable bonds is 3. The molecule has 0 fully saturated rings. The van der Waals surface area contributed by atoms with Gasteiger partial charge in [0.25, 0.3) is 0 Å². The third kappa shape index (κ3) is 3.79. The molecular weight excluding hydrogens is 316 g/mol. The molecule has 0 aromatic heterocycles. The summed E-state index contributed by atoms with van der Waals surface area (Å²) in [6.07, 6.45) is -1.03. The number of halogens is 1. The van der Waals surface area contributed by atoms with E-state index in [1.54, 1.807) is 19.9 Å². The third-order valence-electron chi connectivity index (χ3n) is 3.49. The molecule has 0 amide bonds. The lowest BCUT2D eigenvalue weighted by Gasteiger charge is -2.30. The standard InChI is InChI=1S/C17H21ClN2O3/c1-9(2)22-17(21)23-16-11(4)20-10(3)15(19)14(16)12-7-5-6-8-13(12)18/h5-9,14,20H,19H2,1-4H3. The Morgan fingerprint density at radius 3 is 2.52 bits per heavy atom. The SMILES string of the molecule is CC1=C(N)C(c2ccccc2Cl)C(OC(=O)OC(C)C)=C(C)N1. The van der Waals surface area contributed by atoms with E-state index in [0.717, 1.165) is 11.3 Å². The Morgan fingerprint density at radius 2 is 1.91 bits per heavy atom. The number of carbonyl (C=O) groups excluding carboxylic acids is 1. The molecule has 0 saturated carbocycles. The number of nitrogens with one attached hydrogen (secondary N) is 1. The monoisotopic (exact) mass is 336 g/mol. The molecular formula is C17H21ClN2O3. The number of benzene rings is 1. The second-order valence-corrected chi connectivity index (χ2v) is 6.07. The first kappa shape index (κ1) is 17.2. The lowest BCUT2D eigenvalue weighted by atomic mass is 9.89. The van der Waals surface area contributed by atoms with Crippen LogP contribution in [-0.2, 0) is 9.47 Å². The van der Waals surface area contributed by atoms with Crippen LogP contribution in [0.1, 0.15) is 39.2 Å². The molecule has 6 heteroatoms. The number of hydrogen-bond acceptors (Lipinski definition) is 5. The normalized spacial score (nSPS) is 18.1. The zero-order chi connectivity index (χ0) is 17.1. The number of carbonyl (C=O) groups is 1. The first-order chi connectivity index (χ1) is 10.8. The highest BCUT2D eigenvalue weighted by atomic mass is 35.5. The van der Waals surface area contributed by atoms with Gasteiger partial charge in [-0.2, -0.15) is 0 Å². The van der Waals surface area contributed by atoms with Gasteiger partial charge in [-0.15, -0.1) is 0 Å². The fourth-order valence-corrected chi connectivity index (χ4v) is 2.69. The van der Waals surface area contributed by atoms with E-state index in [9.17, 15) is 4.79 Å². The van der Waals surface area contributed by atoms with Crippen LogP contribution in [0.2, 0.25) is 5.02 Å². The van der Waals surface area contributed by atoms with Gasteiger partial charge in [0, 0.05) is 16.4 Å². The third-order valence-corrected chi connectivity index (χ3v) is 3.84. The molecule has 1 aromatic carbocycles. The second-order valence-electron chi connectivity index (χ2n) is 5.67. The molecule has 0 radical (unpaired) electrons. The van der Waals surface area contributed by atoms with Crippen LogP contribution in [-0.4, -0.2) is 12.3 Å². The lowest BCUT2D eigenvalue weighted by molar-refractivity contribution is 0.0498. The highest BCUT2D eigenvalue weighted by molar-refractivity contribution is 6.31. The van der Waals surface area contributed by atoms with Crippen molar-refractivity contribution in [1.82, 2.24) is 5.32 Å². The maximum atomic E-state index is 11.9. The minimum atomic E-state index is -0.763. The molecule has 0 aliphatic carbocycles. The highest BCUT2D eigenvalue weighted by Crippen LogP contribution is 2.39. The van der Waals surface area contributed by atoms with Crippen molar-refractivity contribution in [2.75, 3.05) is 0 Å². The number of nitrogens with two attached hydrogens (primary N) is 1. The van der Waals surface area contributed by atoms with E-state index in [1.807, 2.05) is 32.0 Å². The summed E-state index contributed by atoms with van der Waals surface area (Å²) in [4.78, 5) is 11.9. The molecule has 1 unspecified atom stereocenters. The summed E-state index contributed by atoms with van der Waals surface area (Å²) in [6.45, 7) is 7.20. The van der Waals surface area contributed by atoms with Crippen molar-refractivity contribution in [3.63, 3.8) is 0 Å². The van der Waals surface area contributed by atoms with Gasteiger partial charge in [0.05, 0.1) is 17.7 Å². The average molecular weight is 337 g/mol. The van der Waals surface area contributed by atoms with Crippen molar-refractivity contribution in [2.45, 2.75) is 39.7 Å². The summed E-state index contributed by atoms with van der Waals surface area (Å²) < 4.78 is 10.5. The first-order valence-corrected chi connectivity index (χ1v) is 7.76. The molecule has 0 spiro atoms. The average Bonchev–Trinajstić information content (AvgIpc) is 2.45. The van der Waals surface area contributed by atoms with Crippen LogP contribution in [0.15, 0.2) is 47.1 Å². The summed E-state index contributed by atoms with van der Waals surface area (Å²) in [5.74, 6) is -0.0449. The summed E-state index contributed by atoms with van der Waals surface area (Å²) in [5, 5.41) is 3.67. The molecule has 5 nitrogen and oxygen atoms in total. The van der Waals surface area contributed by atoms with Gasteiger partial charge >= 0.3 is 6.16 Å². The zero-order valence-electron chi connectivity index (χ0n) is 13.6. The smallest absolute Gasteiger partial charge is 0.431 e. The van der Waals surface area contributed by atoms with Gasteiger partial charge < -0.3 is 20.5 Å². The van der Waals surface area contributed by atoms with Gasteiger partial charge in [0.15, 0.2) is 0 Å². The summed E-state index contributed by atoms with van der Waals surface area (Å²) in [6, 6.07) is 7.35. The summed E-state index contributed by atoms with van der Waals surface area (Å²) in [7, 11) is 0. The molecule has 1 atom stereocenters. The number of allylic oxidation sites excluding steroid dienone is 2. The predicted octanol–water partition coefficient (Wildman–Crippen LogP) is 4.01. The second kappa shape index (κ2) is 6.96. The van der Waals surface area contributed by atoms with Crippen molar-refractivity contribution in [3.8, 4) is 0 Å². The highest BCUT2D eigenvalue weighted by Gasteiger charge is 2.32. The molecule has 1 heterocycles. The fourth-order valence-electron chi connectivity index (χ4n) is 2.45. The Kier molecular flexibility index (Phi) is 5.21. The van der Waals surface area contributed by atoms with Crippen molar-refractivity contribution < 1.29 is 14.3 Å². The quantitative estimate of drug-likeness (QED) is 0.816. The van der Waals surface area contributed by atoms with Crippen molar-refractivity contribution in [3.05, 3.63) is 57.7 Å². The Bertz CT molecular complexity index is 680. The maximum absolute atomic E-state index is 11.9. The fraction of sp³-hybridized carbons (Fsp3) is 0.353. The Balaban J connectivity index is 2.43. The van der Waals surface area contributed by atoms with Crippen molar-refractivity contribution in [1.29, 1.82) is 0 Å². The largest absolute Gasteiger partial charge is 0.513 e. The molecule has 3 N–H and O–H groups in total. The van der Waals surface area contributed by atoms with Gasteiger partial charge in [-0.1, -0.05) is 29.8 Å². The summed E-state index contributed by atoms with van der Waals surface area (Å²) >= 11 is 6.31. The first-order valence-electron chi connectivity index (χ1n) is 7.38. The van der Waals surface area contributed by atoms with Crippen LogP contribution in [0.3, 0.4) is 0 Å². The van der Waals surface area contributed by atoms with Crippen LogP contribution >= 0.6 is 11.6 Å². The molecule has 2 rings (SSSR count). The zero-order valence-corrected chi connectivity index (χ0v) is 14.4. The van der Waals surface area contributed by atoms with E-state index in [-0.39, 0.29) is 6.10 Å². The minimum Gasteiger partial charge on any atom is -0.431 e. The van der Waals surface area contributed by atoms with Crippen LogP contribution in [0.5, 0.6) is 0 Å². The lowest BCUT2D eigenvalue weighted by Crippen LogP contribution is -2.30. The van der Waals surface area contributed by atoms with E-state index < -0.39 is 12.1 Å². The number of dihydropyridines is 1. The molecule has 0 bridgehead atoms. The van der Waals surface area contributed by atoms with E-state index >= 15 is 0 Å². The topological polar surface area (TPSA) is 73.6 Å². The van der Waals surface area contributed by atoms with Crippen LogP contribution in [0, 0.1) is 0 Å². The molecule has 23 heavy (non-hydrogen) atoms. The summed E-state index contributed by atoms with van der Waals surface area (Å²) in [5.41, 5.74) is 9.07. The van der Waals surface area contributed by atoms with Gasteiger partial charge in [-0.25, -0.2) is 4.79 Å². The number of hydrogen-bond donors (Lipinski definition) is 2. The molecule has 124 valence electrons. The molecule has 0 saturated heterocycles. The van der Waals surface area contributed by atoms with E-state index in [2.05, 4.69) is 5.32 Å². The number of ether oxygens (including phenoxy) is 2. The van der Waals surface area contributed by atoms with Crippen molar-refractivity contribution in [2.24, 2.45) is 5.73 Å². The molecule has 1 aromatic rings. The Morgan fingerprint density at radius 1 is 1.26 bits per heavy atom. The predicted molar refractivity (Wildman–Crippen MR) is 89.6 cm³/mol.